The van der Waals surface area contributed by atoms with Gasteiger partial charge in [-0.1, -0.05) is 18.2 Å². The van der Waals surface area contributed by atoms with Gasteiger partial charge in [0.05, 0.1) is 12.4 Å². The van der Waals surface area contributed by atoms with Crippen LogP contribution >= 0.6 is 11.8 Å². The van der Waals surface area contributed by atoms with Crippen molar-refractivity contribution in [2.24, 2.45) is 0 Å². The molecule has 0 saturated carbocycles. The first-order valence-electron chi connectivity index (χ1n) is 10.3. The van der Waals surface area contributed by atoms with Crippen molar-refractivity contribution in [3.63, 3.8) is 0 Å². The number of sulfonamides is 1. The fraction of sp³-hybridized carbons (Fsp3) is 0.400. The lowest BCUT2D eigenvalue weighted by atomic mass is 10.2. The Kier molecular flexibility index (Phi) is 6.92. The number of piperidine rings is 1. The number of hydrogen-bond donors (Lipinski definition) is 1. The van der Waals surface area contributed by atoms with Crippen molar-refractivity contribution in [2.75, 3.05) is 30.8 Å². The molecule has 3 heterocycles. The second kappa shape index (κ2) is 9.84. The lowest BCUT2D eigenvalue weighted by Crippen LogP contribution is -2.35. The van der Waals surface area contributed by atoms with E-state index in [1.807, 2.05) is 0 Å². The molecule has 1 fully saturated rings. The summed E-state index contributed by atoms with van der Waals surface area (Å²) in [5, 5.41) is 7.43. The van der Waals surface area contributed by atoms with Crippen LogP contribution in [0, 0.1) is 0 Å². The van der Waals surface area contributed by atoms with Gasteiger partial charge in [-0.3, -0.25) is 4.79 Å². The smallest absolute Gasteiger partial charge is 0.253 e. The zero-order valence-corrected chi connectivity index (χ0v) is 19.2. The molecule has 1 N–H and O–H groups in total. The fourth-order valence-electron chi connectivity index (χ4n) is 3.41. The third kappa shape index (κ3) is 5.03. The van der Waals surface area contributed by atoms with Crippen molar-refractivity contribution in [1.82, 2.24) is 23.9 Å². The second-order valence-electron chi connectivity index (χ2n) is 7.15. The van der Waals surface area contributed by atoms with E-state index in [1.165, 1.54) is 26.6 Å². The van der Waals surface area contributed by atoms with Gasteiger partial charge in [-0.2, -0.15) is 9.29 Å². The first kappa shape index (κ1) is 22.5. The maximum Gasteiger partial charge on any atom is 0.253 e. The molecular formula is C20H24N6O4S2. The van der Waals surface area contributed by atoms with E-state index >= 15 is 0 Å². The lowest BCUT2D eigenvalue weighted by Gasteiger charge is -2.27. The minimum atomic E-state index is -3.72. The lowest BCUT2D eigenvalue weighted by molar-refractivity contribution is -0.113. The summed E-state index contributed by atoms with van der Waals surface area (Å²) in [4.78, 5) is 20.9. The summed E-state index contributed by atoms with van der Waals surface area (Å²) in [6, 6.07) is 6.42. The van der Waals surface area contributed by atoms with E-state index in [-0.39, 0.29) is 22.3 Å². The van der Waals surface area contributed by atoms with Gasteiger partial charge in [0, 0.05) is 31.2 Å². The number of benzene rings is 1. The molecule has 0 radical (unpaired) electrons. The van der Waals surface area contributed by atoms with Crippen LogP contribution < -0.4 is 10.1 Å². The molecule has 1 aliphatic rings. The molecule has 170 valence electrons. The highest BCUT2D eigenvalue weighted by Gasteiger charge is 2.29. The minimum Gasteiger partial charge on any atom is -0.492 e. The van der Waals surface area contributed by atoms with Crippen LogP contribution in [0.4, 0.5) is 5.69 Å². The van der Waals surface area contributed by atoms with E-state index in [1.54, 1.807) is 37.5 Å². The van der Waals surface area contributed by atoms with Crippen LogP contribution in [0.15, 0.2) is 46.7 Å². The normalized spacial score (nSPS) is 15.0. The molecule has 0 spiro atoms. The molecule has 1 amide bonds. The second-order valence-corrected chi connectivity index (χ2v) is 10.0. The summed E-state index contributed by atoms with van der Waals surface area (Å²) in [5.74, 6) is 0.506. The summed E-state index contributed by atoms with van der Waals surface area (Å²) in [6.45, 7) is 3.11. The molecule has 10 nitrogen and oxygen atoms in total. The van der Waals surface area contributed by atoms with E-state index in [4.69, 9.17) is 4.74 Å². The molecule has 1 saturated heterocycles. The van der Waals surface area contributed by atoms with Gasteiger partial charge in [-0.15, -0.1) is 5.10 Å². The van der Waals surface area contributed by atoms with Crippen LogP contribution in [0.5, 0.6) is 5.75 Å². The zero-order valence-electron chi connectivity index (χ0n) is 17.6. The van der Waals surface area contributed by atoms with Crippen molar-refractivity contribution < 1.29 is 17.9 Å². The van der Waals surface area contributed by atoms with E-state index in [9.17, 15) is 13.2 Å². The number of hydrogen-bond acceptors (Lipinski definition) is 8. The van der Waals surface area contributed by atoms with Gasteiger partial charge in [0.2, 0.25) is 21.1 Å². The first-order chi connectivity index (χ1) is 15.5. The van der Waals surface area contributed by atoms with Gasteiger partial charge in [0.25, 0.3) is 5.78 Å². The third-order valence-corrected chi connectivity index (χ3v) is 7.65. The van der Waals surface area contributed by atoms with Gasteiger partial charge < -0.3 is 10.1 Å². The number of rotatable bonds is 8. The molecule has 4 rings (SSSR count). The Morgan fingerprint density at radius 1 is 1.25 bits per heavy atom. The molecule has 12 heteroatoms. The Hall–Kier alpha value is -2.70. The monoisotopic (exact) mass is 476 g/mol. The van der Waals surface area contributed by atoms with Crippen molar-refractivity contribution in [3.05, 3.63) is 36.7 Å². The predicted molar refractivity (Wildman–Crippen MR) is 120 cm³/mol. The van der Waals surface area contributed by atoms with Crippen molar-refractivity contribution in [3.8, 4) is 5.75 Å². The van der Waals surface area contributed by atoms with Crippen LogP contribution in [0.1, 0.15) is 26.2 Å². The van der Waals surface area contributed by atoms with Crippen LogP contribution in [-0.4, -0.2) is 63.7 Å². The Labute approximate surface area is 190 Å². The number of thioether (sulfide) groups is 1. The third-order valence-electron chi connectivity index (χ3n) is 4.89. The van der Waals surface area contributed by atoms with Gasteiger partial charge >= 0.3 is 0 Å². The highest BCUT2D eigenvalue weighted by Crippen LogP contribution is 2.31. The molecule has 32 heavy (non-hydrogen) atoms. The standard InChI is InChI=1S/C20H24N6O4S2/c1-2-30-16-8-7-15(13-17(16)32(28,29)25-10-4-3-5-11-25)22-18(27)14-31-20-23-19-21-9-6-12-26(19)24-20/h6-9,12-13H,2-5,10-11,14H2,1H3,(H,22,27). The number of aromatic nitrogens is 4. The Morgan fingerprint density at radius 2 is 2.06 bits per heavy atom. The minimum absolute atomic E-state index is 0.0678. The van der Waals surface area contributed by atoms with Crippen LogP contribution in [0.2, 0.25) is 0 Å². The average molecular weight is 477 g/mol. The number of ether oxygens (including phenoxy) is 1. The fourth-order valence-corrected chi connectivity index (χ4v) is 5.71. The first-order valence-corrected chi connectivity index (χ1v) is 12.8. The maximum atomic E-state index is 13.2. The number of nitrogens with one attached hydrogen (secondary N) is 1. The largest absolute Gasteiger partial charge is 0.492 e. The molecule has 0 aliphatic carbocycles. The van der Waals surface area contributed by atoms with Crippen molar-refractivity contribution in [1.29, 1.82) is 0 Å². The van der Waals surface area contributed by atoms with Gasteiger partial charge in [-0.05, 0) is 44.0 Å². The molecule has 0 bridgehead atoms. The number of amides is 1. The number of anilines is 1. The highest BCUT2D eigenvalue weighted by atomic mass is 32.2. The molecular weight excluding hydrogens is 452 g/mol. The molecule has 0 atom stereocenters. The molecule has 2 aromatic heterocycles. The highest BCUT2D eigenvalue weighted by molar-refractivity contribution is 7.99. The van der Waals surface area contributed by atoms with Crippen molar-refractivity contribution >= 4 is 39.2 Å². The Morgan fingerprint density at radius 3 is 2.81 bits per heavy atom. The average Bonchev–Trinajstić information content (AvgIpc) is 3.22. The predicted octanol–water partition coefficient (Wildman–Crippen LogP) is 2.43. The van der Waals surface area contributed by atoms with E-state index < -0.39 is 10.0 Å². The SMILES string of the molecule is CCOc1ccc(NC(=O)CSc2nc3ncccn3n2)cc1S(=O)(=O)N1CCCCC1. The summed E-state index contributed by atoms with van der Waals surface area (Å²) >= 11 is 1.17. The Balaban J connectivity index is 1.48. The zero-order chi connectivity index (χ0) is 22.6. The van der Waals surface area contributed by atoms with Crippen LogP contribution in [0.3, 0.4) is 0 Å². The van der Waals surface area contributed by atoms with Crippen LogP contribution in [-0.2, 0) is 14.8 Å². The van der Waals surface area contributed by atoms with Gasteiger partial charge in [0.15, 0.2) is 0 Å². The number of carbonyl (C=O) groups is 1. The van der Waals surface area contributed by atoms with Crippen molar-refractivity contribution in [2.45, 2.75) is 36.2 Å². The summed E-state index contributed by atoms with van der Waals surface area (Å²) in [5.41, 5.74) is 0.388. The van der Waals surface area contributed by atoms with E-state index in [0.29, 0.717) is 36.3 Å². The maximum absolute atomic E-state index is 13.2. The molecule has 1 aromatic carbocycles. The number of carbonyl (C=O) groups excluding carboxylic acids is 1. The van der Waals surface area contributed by atoms with Gasteiger partial charge in [-0.25, -0.2) is 17.9 Å². The molecule has 0 unspecified atom stereocenters. The number of fused-ring (bicyclic) bond motifs is 1. The van der Waals surface area contributed by atoms with E-state index in [0.717, 1.165) is 19.3 Å². The quantitative estimate of drug-likeness (QED) is 0.493. The summed E-state index contributed by atoms with van der Waals surface area (Å²) < 4.78 is 35.0. The Bertz CT molecular complexity index is 1170. The summed E-state index contributed by atoms with van der Waals surface area (Å²) in [7, 11) is -3.72. The summed E-state index contributed by atoms with van der Waals surface area (Å²) in [6.07, 6.45) is 6.04. The number of nitrogens with zero attached hydrogens (tertiary/aromatic N) is 5. The molecule has 1 aliphatic heterocycles. The van der Waals surface area contributed by atoms with E-state index in [2.05, 4.69) is 20.4 Å². The molecule has 3 aromatic rings. The van der Waals surface area contributed by atoms with Gasteiger partial charge in [0.1, 0.15) is 10.6 Å². The topological polar surface area (TPSA) is 119 Å². The van der Waals surface area contributed by atoms with Crippen LogP contribution in [0.25, 0.3) is 5.78 Å².